The molecule has 1 unspecified atom stereocenters. The van der Waals surface area contributed by atoms with Gasteiger partial charge < -0.3 is 24.3 Å². The zero-order chi connectivity index (χ0) is 35.8. The number of nitrogens with one attached hydrogen (secondary N) is 1. The molecule has 0 fully saturated rings. The Balaban J connectivity index is 0.975. The molecule has 54 heavy (non-hydrogen) atoms. The predicted molar refractivity (Wildman–Crippen MR) is 222 cm³/mol. The minimum Gasteiger partial charge on any atom is -0.464 e. The summed E-state index contributed by atoms with van der Waals surface area (Å²) in [4.78, 5) is 4.54. The second-order valence-corrected chi connectivity index (χ2v) is 13.4. The van der Waals surface area contributed by atoms with E-state index in [0.29, 0.717) is 0 Å². The fraction of sp³-hybridized carbons (Fsp3) is 0.0204. The molecule has 0 spiro atoms. The number of hydrogen-bond acceptors (Lipinski definition) is 5. The van der Waals surface area contributed by atoms with Crippen LogP contribution in [0.3, 0.4) is 0 Å². The third kappa shape index (κ3) is 5.78. The third-order valence-electron chi connectivity index (χ3n) is 10.1. The Morgan fingerprint density at radius 1 is 0.389 bits per heavy atom. The highest BCUT2D eigenvalue weighted by molar-refractivity contribution is 6.06. The molecule has 5 heteroatoms. The average molecular weight is 698 g/mol. The number of rotatable bonds is 8. The van der Waals surface area contributed by atoms with Crippen molar-refractivity contribution in [2.45, 2.75) is 6.23 Å². The van der Waals surface area contributed by atoms with E-state index < -0.39 is 0 Å². The van der Waals surface area contributed by atoms with E-state index in [4.69, 9.17) is 9.15 Å². The maximum absolute atomic E-state index is 6.60. The molecular weight excluding hydrogens is 663 g/mol. The first-order valence-electron chi connectivity index (χ1n) is 18.2. The maximum Gasteiger partial charge on any atom is 0.196 e. The van der Waals surface area contributed by atoms with Gasteiger partial charge in [-0.1, -0.05) is 109 Å². The van der Waals surface area contributed by atoms with Crippen molar-refractivity contribution in [3.05, 3.63) is 206 Å². The standard InChI is InChI=1S/C49H35N3O2/c1-4-12-34(13-5-1)35-20-24-39(25-21-35)52(41-29-31-47-44(32-41)43-18-10-11-19-46(43)53-47)40-26-22-36(23-27-40)49-50-45-30-28-42(33-48(45)54-49)51(37-14-6-2-7-15-37)38-16-8-3-9-17-38/h1-33,49-50H. The minimum absolute atomic E-state index is 0.321. The number of ether oxygens (including phenoxy) is 1. The van der Waals surface area contributed by atoms with Crippen LogP contribution in [0.2, 0.25) is 0 Å². The first-order chi connectivity index (χ1) is 26.7. The average Bonchev–Trinajstić information content (AvgIpc) is 3.84. The highest BCUT2D eigenvalue weighted by atomic mass is 16.5. The monoisotopic (exact) mass is 697 g/mol. The van der Waals surface area contributed by atoms with E-state index in [-0.39, 0.29) is 6.23 Å². The van der Waals surface area contributed by atoms with Crippen LogP contribution < -0.4 is 19.9 Å². The zero-order valence-corrected chi connectivity index (χ0v) is 29.3. The summed E-state index contributed by atoms with van der Waals surface area (Å²) in [7, 11) is 0. The second-order valence-electron chi connectivity index (χ2n) is 13.4. The normalized spacial score (nSPS) is 13.3. The van der Waals surface area contributed by atoms with Gasteiger partial charge in [0.1, 0.15) is 16.9 Å². The second kappa shape index (κ2) is 13.4. The summed E-state index contributed by atoms with van der Waals surface area (Å²) in [6.45, 7) is 0. The molecule has 1 aliphatic rings. The topological polar surface area (TPSA) is 40.9 Å². The highest BCUT2D eigenvalue weighted by Crippen LogP contribution is 2.45. The molecular formula is C49H35N3O2. The fourth-order valence-electron chi connectivity index (χ4n) is 7.45. The van der Waals surface area contributed by atoms with E-state index in [0.717, 1.165) is 73.1 Å². The summed E-state index contributed by atoms with van der Waals surface area (Å²) in [5.74, 6) is 0.819. The molecule has 1 aromatic heterocycles. The van der Waals surface area contributed by atoms with Crippen LogP contribution in [0, 0.1) is 0 Å². The Kier molecular flexibility index (Phi) is 7.81. The number of para-hydroxylation sites is 3. The molecule has 8 aromatic carbocycles. The summed E-state index contributed by atoms with van der Waals surface area (Å²) in [5, 5.41) is 5.79. The number of fused-ring (bicyclic) bond motifs is 4. The number of nitrogens with zero attached hydrogens (tertiary/aromatic N) is 2. The van der Waals surface area contributed by atoms with E-state index in [1.165, 1.54) is 11.1 Å². The Morgan fingerprint density at radius 2 is 0.889 bits per heavy atom. The SMILES string of the molecule is c1ccc(-c2ccc(N(c3ccc(C4Nc5ccc(N(c6ccccc6)c6ccccc6)cc5O4)cc3)c3ccc4oc5ccccc5c4c3)cc2)cc1. The summed E-state index contributed by atoms with van der Waals surface area (Å²) in [5.41, 5.74) is 12.5. The van der Waals surface area contributed by atoms with Crippen LogP contribution in [-0.2, 0) is 0 Å². The van der Waals surface area contributed by atoms with Crippen molar-refractivity contribution in [2.75, 3.05) is 15.1 Å². The third-order valence-corrected chi connectivity index (χ3v) is 10.1. The molecule has 1 aliphatic heterocycles. The summed E-state index contributed by atoms with van der Waals surface area (Å²) in [6, 6.07) is 69.7. The van der Waals surface area contributed by atoms with Gasteiger partial charge in [0.05, 0.1) is 5.69 Å². The van der Waals surface area contributed by atoms with Crippen LogP contribution in [0.4, 0.5) is 39.8 Å². The molecule has 5 nitrogen and oxygen atoms in total. The Morgan fingerprint density at radius 3 is 1.57 bits per heavy atom. The van der Waals surface area contributed by atoms with E-state index in [9.17, 15) is 0 Å². The minimum atomic E-state index is -0.321. The molecule has 0 saturated heterocycles. The lowest BCUT2D eigenvalue weighted by Gasteiger charge is -2.26. The van der Waals surface area contributed by atoms with E-state index in [2.05, 4.69) is 185 Å². The van der Waals surface area contributed by atoms with Crippen LogP contribution in [0.1, 0.15) is 11.8 Å². The van der Waals surface area contributed by atoms with Gasteiger partial charge in [-0.3, -0.25) is 0 Å². The largest absolute Gasteiger partial charge is 0.464 e. The van der Waals surface area contributed by atoms with Crippen molar-refractivity contribution < 1.29 is 9.15 Å². The summed E-state index contributed by atoms with van der Waals surface area (Å²) < 4.78 is 12.8. The molecule has 258 valence electrons. The molecule has 0 amide bonds. The van der Waals surface area contributed by atoms with Gasteiger partial charge in [0.25, 0.3) is 0 Å². The van der Waals surface area contributed by atoms with Gasteiger partial charge in [-0.05, 0) is 96.1 Å². The Labute approximate surface area is 313 Å². The van der Waals surface area contributed by atoms with Crippen molar-refractivity contribution in [1.29, 1.82) is 0 Å². The van der Waals surface area contributed by atoms with Crippen molar-refractivity contribution in [2.24, 2.45) is 0 Å². The van der Waals surface area contributed by atoms with Crippen molar-refractivity contribution in [3.8, 4) is 16.9 Å². The molecule has 0 radical (unpaired) electrons. The van der Waals surface area contributed by atoms with Gasteiger partial charge in [0.15, 0.2) is 6.23 Å². The Hall–Kier alpha value is -7.24. The molecule has 1 N–H and O–H groups in total. The van der Waals surface area contributed by atoms with E-state index in [1.807, 2.05) is 30.3 Å². The zero-order valence-electron chi connectivity index (χ0n) is 29.3. The number of anilines is 7. The van der Waals surface area contributed by atoms with Crippen LogP contribution in [0.25, 0.3) is 33.1 Å². The number of benzene rings is 8. The lowest BCUT2D eigenvalue weighted by atomic mass is 10.0. The van der Waals surface area contributed by atoms with E-state index in [1.54, 1.807) is 0 Å². The van der Waals surface area contributed by atoms with Gasteiger partial charge >= 0.3 is 0 Å². The van der Waals surface area contributed by atoms with Crippen molar-refractivity contribution in [1.82, 2.24) is 0 Å². The molecule has 0 aliphatic carbocycles. The molecule has 0 bridgehead atoms. The maximum atomic E-state index is 6.60. The van der Waals surface area contributed by atoms with Crippen LogP contribution in [0.15, 0.2) is 205 Å². The van der Waals surface area contributed by atoms with Gasteiger partial charge in [0.2, 0.25) is 0 Å². The summed E-state index contributed by atoms with van der Waals surface area (Å²) in [6.07, 6.45) is -0.321. The molecule has 9 aromatic rings. The first-order valence-corrected chi connectivity index (χ1v) is 18.2. The Bertz CT molecular complexity index is 2670. The quantitative estimate of drug-likeness (QED) is 0.171. The molecule has 2 heterocycles. The lowest BCUT2D eigenvalue weighted by Crippen LogP contribution is -2.12. The van der Waals surface area contributed by atoms with Crippen molar-refractivity contribution >= 4 is 61.8 Å². The van der Waals surface area contributed by atoms with Crippen LogP contribution in [-0.4, -0.2) is 0 Å². The van der Waals surface area contributed by atoms with Gasteiger partial charge in [-0.25, -0.2) is 0 Å². The van der Waals surface area contributed by atoms with Gasteiger partial charge in [-0.15, -0.1) is 0 Å². The smallest absolute Gasteiger partial charge is 0.196 e. The predicted octanol–water partition coefficient (Wildman–Crippen LogP) is 13.7. The van der Waals surface area contributed by atoms with Crippen LogP contribution in [0.5, 0.6) is 5.75 Å². The molecule has 1 atom stereocenters. The van der Waals surface area contributed by atoms with Crippen LogP contribution >= 0.6 is 0 Å². The first kappa shape index (κ1) is 31.5. The lowest BCUT2D eigenvalue weighted by molar-refractivity contribution is 0.260. The fourth-order valence-corrected chi connectivity index (χ4v) is 7.45. The van der Waals surface area contributed by atoms with Crippen molar-refractivity contribution in [3.63, 3.8) is 0 Å². The van der Waals surface area contributed by atoms with Gasteiger partial charge in [0, 0.05) is 56.5 Å². The van der Waals surface area contributed by atoms with Gasteiger partial charge in [-0.2, -0.15) is 0 Å². The molecule has 10 rings (SSSR count). The highest BCUT2D eigenvalue weighted by Gasteiger charge is 2.26. The summed E-state index contributed by atoms with van der Waals surface area (Å²) >= 11 is 0. The molecule has 0 saturated carbocycles. The number of furan rings is 1. The van der Waals surface area contributed by atoms with E-state index >= 15 is 0 Å². The number of hydrogen-bond donors (Lipinski definition) is 1.